The van der Waals surface area contributed by atoms with Crippen molar-refractivity contribution < 1.29 is 14.1 Å². The predicted octanol–water partition coefficient (Wildman–Crippen LogP) is 3.21. The average molecular weight is 414 g/mol. The Hall–Kier alpha value is -2.75. The fourth-order valence-electron chi connectivity index (χ4n) is 3.56. The molecule has 1 aliphatic rings. The number of aliphatic hydroxyl groups is 1. The van der Waals surface area contributed by atoms with Gasteiger partial charge < -0.3 is 15.2 Å². The van der Waals surface area contributed by atoms with E-state index < -0.39 is 9.92 Å². The molecular formula is C20H23N5O3S. The van der Waals surface area contributed by atoms with E-state index in [1.807, 2.05) is 12.1 Å². The smallest absolute Gasteiger partial charge is 0.240 e. The van der Waals surface area contributed by atoms with Gasteiger partial charge in [0.2, 0.25) is 5.88 Å². The summed E-state index contributed by atoms with van der Waals surface area (Å²) < 4.78 is 29.2. The van der Waals surface area contributed by atoms with Crippen molar-refractivity contribution in [3.63, 3.8) is 0 Å². The van der Waals surface area contributed by atoms with Crippen molar-refractivity contribution in [3.05, 3.63) is 48.8 Å². The summed E-state index contributed by atoms with van der Waals surface area (Å²) in [5, 5.41) is 13.8. The lowest BCUT2D eigenvalue weighted by atomic mass is 10.2. The van der Waals surface area contributed by atoms with Crippen molar-refractivity contribution in [2.24, 2.45) is 0 Å². The minimum atomic E-state index is -3.12. The minimum absolute atomic E-state index is 0.0976. The molecule has 1 saturated carbocycles. The average Bonchev–Trinajstić information content (AvgIpc) is 3.12. The standard InChI is InChI=1S/C20H23N5O3S/c1-28-20-19-17(8-10-23-20)18(9-11-22-19)24-13-3-6-16(7-4-13)29(21,27)25-14-2-5-15(26)12-14/h3-4,6-11,14-15,26H,2,5,12H2,1H3,(H,22,24)(H2,21,25,27)/t14-,15+,29?/m0/s1. The van der Waals surface area contributed by atoms with E-state index in [-0.39, 0.29) is 12.1 Å². The lowest BCUT2D eigenvalue weighted by Gasteiger charge is -2.16. The lowest BCUT2D eigenvalue weighted by Crippen LogP contribution is -2.32. The molecule has 9 heteroatoms. The van der Waals surface area contributed by atoms with Crippen LogP contribution in [0.1, 0.15) is 19.3 Å². The summed E-state index contributed by atoms with van der Waals surface area (Å²) in [5.74, 6) is 0.457. The van der Waals surface area contributed by atoms with Crippen LogP contribution in [0.25, 0.3) is 10.9 Å². The molecule has 29 heavy (non-hydrogen) atoms. The van der Waals surface area contributed by atoms with Crippen LogP contribution in [-0.2, 0) is 9.92 Å². The molecule has 2 aromatic heterocycles. The third kappa shape index (κ3) is 4.16. The lowest BCUT2D eigenvalue weighted by molar-refractivity contribution is 0.181. The van der Waals surface area contributed by atoms with Gasteiger partial charge in [-0.05, 0) is 55.7 Å². The second-order valence-corrected chi connectivity index (χ2v) is 8.88. The van der Waals surface area contributed by atoms with Crippen molar-refractivity contribution >= 4 is 32.2 Å². The molecule has 4 rings (SSSR count). The number of pyridine rings is 2. The molecule has 1 unspecified atom stereocenters. The van der Waals surface area contributed by atoms with Crippen LogP contribution >= 0.6 is 0 Å². The van der Waals surface area contributed by atoms with Crippen molar-refractivity contribution in [1.29, 1.82) is 4.78 Å². The monoisotopic (exact) mass is 413 g/mol. The number of anilines is 2. The first-order valence-corrected chi connectivity index (χ1v) is 10.9. The molecule has 152 valence electrons. The summed E-state index contributed by atoms with van der Waals surface area (Å²) in [6.45, 7) is 0. The highest BCUT2D eigenvalue weighted by Crippen LogP contribution is 2.29. The Kier molecular flexibility index (Phi) is 5.35. The van der Waals surface area contributed by atoms with E-state index in [0.717, 1.165) is 23.2 Å². The Labute approximate surface area is 169 Å². The number of hydrogen-bond donors (Lipinski definition) is 4. The Morgan fingerprint density at radius 2 is 1.90 bits per heavy atom. The third-order valence-electron chi connectivity index (χ3n) is 5.02. The summed E-state index contributed by atoms with van der Waals surface area (Å²) in [5.41, 5.74) is 2.30. The summed E-state index contributed by atoms with van der Waals surface area (Å²) in [7, 11) is -1.57. The van der Waals surface area contributed by atoms with Gasteiger partial charge in [-0.2, -0.15) is 0 Å². The summed E-state index contributed by atoms with van der Waals surface area (Å²) >= 11 is 0. The zero-order valence-electron chi connectivity index (χ0n) is 16.0. The van der Waals surface area contributed by atoms with Gasteiger partial charge in [0.15, 0.2) is 0 Å². The first-order chi connectivity index (χ1) is 14.0. The Balaban J connectivity index is 1.54. The first kappa shape index (κ1) is 19.6. The second kappa shape index (κ2) is 7.94. The van der Waals surface area contributed by atoms with Crippen molar-refractivity contribution in [1.82, 2.24) is 14.7 Å². The fraction of sp³-hybridized carbons (Fsp3) is 0.300. The first-order valence-electron chi connectivity index (χ1n) is 9.35. The van der Waals surface area contributed by atoms with E-state index in [1.165, 1.54) is 0 Å². The molecule has 0 spiro atoms. The number of benzene rings is 1. The van der Waals surface area contributed by atoms with Gasteiger partial charge in [-0.15, -0.1) is 0 Å². The molecule has 2 heterocycles. The summed E-state index contributed by atoms with van der Waals surface area (Å²) in [6.07, 6.45) is 4.90. The highest BCUT2D eigenvalue weighted by Gasteiger charge is 2.26. The molecule has 0 amide bonds. The van der Waals surface area contributed by atoms with Gasteiger partial charge in [0, 0.05) is 35.2 Å². The molecule has 0 radical (unpaired) electrons. The van der Waals surface area contributed by atoms with Crippen molar-refractivity contribution in [3.8, 4) is 5.88 Å². The number of hydrogen-bond acceptors (Lipinski definition) is 7. The van der Waals surface area contributed by atoms with E-state index in [0.29, 0.717) is 29.1 Å². The molecular weight excluding hydrogens is 390 g/mol. The SMILES string of the molecule is COc1nccc2c(Nc3ccc(S(=N)(=O)N[C@H]4CC[C@@H](O)C4)cc3)ccnc12. The van der Waals surface area contributed by atoms with E-state index in [2.05, 4.69) is 20.0 Å². The van der Waals surface area contributed by atoms with E-state index in [1.54, 1.807) is 43.8 Å². The molecule has 1 aliphatic carbocycles. The van der Waals surface area contributed by atoms with Gasteiger partial charge in [0.25, 0.3) is 0 Å². The molecule has 0 aliphatic heterocycles. The maximum Gasteiger partial charge on any atom is 0.240 e. The number of rotatable bonds is 6. The van der Waals surface area contributed by atoms with Gasteiger partial charge in [0.1, 0.15) is 15.4 Å². The summed E-state index contributed by atoms with van der Waals surface area (Å²) in [6, 6.07) is 10.6. The molecule has 4 N–H and O–H groups in total. The zero-order valence-corrected chi connectivity index (χ0v) is 16.8. The number of nitrogens with one attached hydrogen (secondary N) is 3. The Morgan fingerprint density at radius 3 is 2.59 bits per heavy atom. The van der Waals surface area contributed by atoms with Crippen molar-refractivity contribution in [2.75, 3.05) is 12.4 Å². The topological polar surface area (TPSA) is 120 Å². The highest BCUT2D eigenvalue weighted by atomic mass is 32.2. The maximum absolute atomic E-state index is 12.8. The van der Waals surface area contributed by atoms with Gasteiger partial charge in [-0.25, -0.2) is 18.7 Å². The van der Waals surface area contributed by atoms with Crippen LogP contribution < -0.4 is 14.8 Å². The molecule has 8 nitrogen and oxygen atoms in total. The largest absolute Gasteiger partial charge is 0.479 e. The van der Waals surface area contributed by atoms with Gasteiger partial charge in [0.05, 0.1) is 18.1 Å². The number of nitrogens with zero attached hydrogens (tertiary/aromatic N) is 2. The van der Waals surface area contributed by atoms with Crippen LogP contribution in [0.2, 0.25) is 0 Å². The minimum Gasteiger partial charge on any atom is -0.479 e. The molecule has 0 bridgehead atoms. The fourth-order valence-corrected chi connectivity index (χ4v) is 4.90. The zero-order chi connectivity index (χ0) is 20.4. The number of ether oxygens (including phenoxy) is 1. The van der Waals surface area contributed by atoms with E-state index in [4.69, 9.17) is 9.52 Å². The third-order valence-corrected chi connectivity index (χ3v) is 6.62. The molecule has 1 aromatic carbocycles. The number of aliphatic hydroxyl groups excluding tert-OH is 1. The van der Waals surface area contributed by atoms with Crippen LogP contribution in [0.3, 0.4) is 0 Å². The van der Waals surface area contributed by atoms with Crippen LogP contribution in [-0.4, -0.2) is 38.5 Å². The molecule has 0 saturated heterocycles. The van der Waals surface area contributed by atoms with E-state index in [9.17, 15) is 9.32 Å². The number of aromatic nitrogens is 2. The van der Waals surface area contributed by atoms with Gasteiger partial charge in [-0.3, -0.25) is 4.98 Å². The van der Waals surface area contributed by atoms with Crippen LogP contribution in [0.15, 0.2) is 53.7 Å². The Bertz CT molecular complexity index is 1120. The van der Waals surface area contributed by atoms with E-state index >= 15 is 0 Å². The van der Waals surface area contributed by atoms with Crippen molar-refractivity contribution in [2.45, 2.75) is 36.3 Å². The second-order valence-electron chi connectivity index (χ2n) is 7.06. The van der Waals surface area contributed by atoms with Crippen LogP contribution in [0, 0.1) is 4.78 Å². The highest BCUT2D eigenvalue weighted by molar-refractivity contribution is 7.90. The predicted molar refractivity (Wildman–Crippen MR) is 112 cm³/mol. The Morgan fingerprint density at radius 1 is 1.14 bits per heavy atom. The molecule has 3 atom stereocenters. The van der Waals surface area contributed by atoms with Crippen LogP contribution in [0.5, 0.6) is 5.88 Å². The number of fused-ring (bicyclic) bond motifs is 1. The molecule has 3 aromatic rings. The normalized spacial score (nSPS) is 21.0. The van der Waals surface area contributed by atoms with Gasteiger partial charge >= 0.3 is 0 Å². The maximum atomic E-state index is 12.8. The number of methoxy groups -OCH3 is 1. The summed E-state index contributed by atoms with van der Waals surface area (Å²) in [4.78, 5) is 8.92. The van der Waals surface area contributed by atoms with Crippen LogP contribution in [0.4, 0.5) is 11.4 Å². The molecule has 1 fully saturated rings. The quantitative estimate of drug-likeness (QED) is 0.493. The van der Waals surface area contributed by atoms with Gasteiger partial charge in [-0.1, -0.05) is 0 Å².